The van der Waals surface area contributed by atoms with Crippen molar-refractivity contribution < 1.29 is 4.92 Å². The molecule has 1 spiro atoms. The van der Waals surface area contributed by atoms with Gasteiger partial charge >= 0.3 is 0 Å². The SMILES string of the molecule is CC1CC2(CCCCCC2)NC(C)c2cc([N+](=O)[O-])ccc21. The molecule has 2 aliphatic rings. The monoisotopic (exact) mass is 302 g/mol. The van der Waals surface area contributed by atoms with E-state index in [-0.39, 0.29) is 22.2 Å². The predicted molar refractivity (Wildman–Crippen MR) is 88.1 cm³/mol. The highest BCUT2D eigenvalue weighted by atomic mass is 16.6. The summed E-state index contributed by atoms with van der Waals surface area (Å²) < 4.78 is 0. The Morgan fingerprint density at radius 3 is 2.45 bits per heavy atom. The Kier molecular flexibility index (Phi) is 4.22. The van der Waals surface area contributed by atoms with Gasteiger partial charge < -0.3 is 5.32 Å². The van der Waals surface area contributed by atoms with Crippen molar-refractivity contribution in [1.29, 1.82) is 0 Å². The van der Waals surface area contributed by atoms with E-state index in [4.69, 9.17) is 0 Å². The first-order valence-electron chi connectivity index (χ1n) is 8.57. The standard InChI is InChI=1S/C18H26N2O2/c1-13-12-18(9-5-3-4-6-10-18)19-14(2)17-11-15(20(21)22)7-8-16(13)17/h7-8,11,13-14,19H,3-6,9-10,12H2,1-2H3. The fraction of sp³-hybridized carbons (Fsp3) is 0.667. The molecule has 1 saturated carbocycles. The summed E-state index contributed by atoms with van der Waals surface area (Å²) in [6.07, 6.45) is 8.87. The normalized spacial score (nSPS) is 27.7. The molecule has 1 aromatic carbocycles. The molecule has 0 bridgehead atoms. The van der Waals surface area contributed by atoms with Crippen molar-refractivity contribution in [2.24, 2.45) is 0 Å². The van der Waals surface area contributed by atoms with Crippen molar-refractivity contribution in [3.8, 4) is 0 Å². The minimum atomic E-state index is -0.288. The third-order valence-electron chi connectivity index (χ3n) is 5.56. The summed E-state index contributed by atoms with van der Waals surface area (Å²) in [6.45, 7) is 4.43. The number of hydrogen-bond acceptors (Lipinski definition) is 3. The fourth-order valence-corrected chi connectivity index (χ4v) is 4.55. The zero-order chi connectivity index (χ0) is 15.7. The number of nitrogens with zero attached hydrogens (tertiary/aromatic N) is 1. The van der Waals surface area contributed by atoms with Gasteiger partial charge in [-0.1, -0.05) is 38.7 Å². The zero-order valence-corrected chi connectivity index (χ0v) is 13.6. The third kappa shape index (κ3) is 2.89. The van der Waals surface area contributed by atoms with Crippen LogP contribution in [0.1, 0.15) is 81.9 Å². The fourth-order valence-electron chi connectivity index (χ4n) is 4.55. The number of benzene rings is 1. The molecule has 1 aromatic rings. The van der Waals surface area contributed by atoms with Crippen LogP contribution in [-0.2, 0) is 0 Å². The Balaban J connectivity index is 1.97. The van der Waals surface area contributed by atoms with Crippen LogP contribution in [0.2, 0.25) is 0 Å². The van der Waals surface area contributed by atoms with E-state index in [1.807, 2.05) is 6.07 Å². The average Bonchev–Trinajstić information content (AvgIpc) is 2.76. The maximum Gasteiger partial charge on any atom is 0.269 e. The van der Waals surface area contributed by atoms with Crippen LogP contribution in [-0.4, -0.2) is 10.5 Å². The first kappa shape index (κ1) is 15.5. The second kappa shape index (κ2) is 5.99. The molecule has 1 heterocycles. The lowest BCUT2D eigenvalue weighted by Gasteiger charge is -2.36. The predicted octanol–water partition coefficient (Wildman–Crippen LogP) is 4.85. The molecule has 2 atom stereocenters. The van der Waals surface area contributed by atoms with Crippen LogP contribution in [0.15, 0.2) is 18.2 Å². The van der Waals surface area contributed by atoms with Crippen molar-refractivity contribution in [2.75, 3.05) is 0 Å². The number of non-ortho nitro benzene ring substituents is 1. The minimum absolute atomic E-state index is 0.179. The molecule has 1 aliphatic carbocycles. The average molecular weight is 302 g/mol. The van der Waals surface area contributed by atoms with Gasteiger partial charge in [0.2, 0.25) is 0 Å². The second-order valence-corrected chi connectivity index (χ2v) is 7.24. The molecule has 120 valence electrons. The van der Waals surface area contributed by atoms with E-state index in [0.717, 1.165) is 12.0 Å². The van der Waals surface area contributed by atoms with Gasteiger partial charge in [-0.05, 0) is 43.2 Å². The van der Waals surface area contributed by atoms with E-state index in [9.17, 15) is 10.1 Å². The lowest BCUT2D eigenvalue weighted by atomic mass is 9.80. The number of hydrogen-bond donors (Lipinski definition) is 1. The first-order chi connectivity index (χ1) is 10.5. The van der Waals surface area contributed by atoms with Crippen LogP contribution < -0.4 is 5.32 Å². The first-order valence-corrected chi connectivity index (χ1v) is 8.57. The maximum atomic E-state index is 11.1. The number of rotatable bonds is 1. The molecular formula is C18H26N2O2. The zero-order valence-electron chi connectivity index (χ0n) is 13.6. The van der Waals surface area contributed by atoms with Crippen molar-refractivity contribution in [3.63, 3.8) is 0 Å². The molecule has 0 saturated heterocycles. The van der Waals surface area contributed by atoms with E-state index in [1.165, 1.54) is 44.1 Å². The molecule has 4 nitrogen and oxygen atoms in total. The van der Waals surface area contributed by atoms with E-state index >= 15 is 0 Å². The summed E-state index contributed by atoms with van der Waals surface area (Å²) in [5.74, 6) is 0.450. The lowest BCUT2D eigenvalue weighted by Crippen LogP contribution is -2.45. The van der Waals surface area contributed by atoms with Crippen LogP contribution in [0.5, 0.6) is 0 Å². The molecule has 1 fully saturated rings. The Hall–Kier alpha value is -1.42. The topological polar surface area (TPSA) is 55.2 Å². The summed E-state index contributed by atoms with van der Waals surface area (Å²) in [5.41, 5.74) is 2.81. The van der Waals surface area contributed by atoms with Gasteiger partial charge in [0.1, 0.15) is 0 Å². The van der Waals surface area contributed by atoms with Crippen LogP contribution in [0.4, 0.5) is 5.69 Å². The van der Waals surface area contributed by atoms with Crippen LogP contribution >= 0.6 is 0 Å². The lowest BCUT2D eigenvalue weighted by molar-refractivity contribution is -0.385. The Morgan fingerprint density at radius 2 is 1.82 bits per heavy atom. The van der Waals surface area contributed by atoms with Crippen molar-refractivity contribution >= 4 is 5.69 Å². The molecular weight excluding hydrogens is 276 g/mol. The van der Waals surface area contributed by atoms with Crippen molar-refractivity contribution in [2.45, 2.75) is 76.3 Å². The van der Waals surface area contributed by atoms with Gasteiger partial charge in [0, 0.05) is 23.7 Å². The highest BCUT2D eigenvalue weighted by molar-refractivity contribution is 5.44. The summed E-state index contributed by atoms with van der Waals surface area (Å²) in [4.78, 5) is 10.8. The van der Waals surface area contributed by atoms with Crippen molar-refractivity contribution in [3.05, 3.63) is 39.4 Å². The van der Waals surface area contributed by atoms with E-state index in [1.54, 1.807) is 12.1 Å². The molecule has 0 radical (unpaired) electrons. The summed E-state index contributed by atoms with van der Waals surface area (Å²) in [7, 11) is 0. The van der Waals surface area contributed by atoms with Gasteiger partial charge in [-0.15, -0.1) is 0 Å². The van der Waals surface area contributed by atoms with E-state index in [2.05, 4.69) is 19.2 Å². The Bertz CT molecular complexity index is 562. The summed E-state index contributed by atoms with van der Waals surface area (Å²) in [6, 6.07) is 5.59. The number of fused-ring (bicyclic) bond motifs is 1. The highest BCUT2D eigenvalue weighted by Gasteiger charge is 2.37. The molecule has 1 aliphatic heterocycles. The highest BCUT2D eigenvalue weighted by Crippen LogP contribution is 2.42. The molecule has 4 heteroatoms. The minimum Gasteiger partial charge on any atom is -0.305 e. The molecule has 2 unspecified atom stereocenters. The summed E-state index contributed by atoms with van der Waals surface area (Å²) in [5, 5.41) is 15.0. The molecule has 22 heavy (non-hydrogen) atoms. The molecule has 0 amide bonds. The summed E-state index contributed by atoms with van der Waals surface area (Å²) >= 11 is 0. The number of nitro benzene ring substituents is 1. The van der Waals surface area contributed by atoms with Gasteiger partial charge in [0.25, 0.3) is 5.69 Å². The maximum absolute atomic E-state index is 11.1. The van der Waals surface area contributed by atoms with Gasteiger partial charge in [-0.25, -0.2) is 0 Å². The van der Waals surface area contributed by atoms with Crippen LogP contribution in [0, 0.1) is 10.1 Å². The quantitative estimate of drug-likeness (QED) is 0.596. The molecule has 1 N–H and O–H groups in total. The van der Waals surface area contributed by atoms with Gasteiger partial charge in [0.15, 0.2) is 0 Å². The smallest absolute Gasteiger partial charge is 0.269 e. The third-order valence-corrected chi connectivity index (χ3v) is 5.56. The van der Waals surface area contributed by atoms with Crippen LogP contribution in [0.25, 0.3) is 0 Å². The van der Waals surface area contributed by atoms with Crippen molar-refractivity contribution in [1.82, 2.24) is 5.32 Å². The van der Waals surface area contributed by atoms with E-state index in [0.29, 0.717) is 5.92 Å². The largest absolute Gasteiger partial charge is 0.305 e. The molecule has 0 aromatic heterocycles. The molecule has 3 rings (SSSR count). The number of nitro groups is 1. The van der Waals surface area contributed by atoms with Gasteiger partial charge in [-0.3, -0.25) is 10.1 Å². The number of nitrogens with one attached hydrogen (secondary N) is 1. The Morgan fingerprint density at radius 1 is 1.14 bits per heavy atom. The van der Waals surface area contributed by atoms with E-state index < -0.39 is 0 Å². The van der Waals surface area contributed by atoms with Gasteiger partial charge in [0.05, 0.1) is 4.92 Å². The Labute approximate surface area is 132 Å². The second-order valence-electron chi connectivity index (χ2n) is 7.24. The van der Waals surface area contributed by atoms with Gasteiger partial charge in [-0.2, -0.15) is 0 Å². The van der Waals surface area contributed by atoms with Crippen LogP contribution in [0.3, 0.4) is 0 Å².